The Balaban J connectivity index is 2.40. The van der Waals surface area contributed by atoms with E-state index in [9.17, 15) is 4.79 Å². The molecule has 0 bridgehead atoms. The van der Waals surface area contributed by atoms with Gasteiger partial charge in [0.2, 0.25) is 5.78 Å². The average Bonchev–Trinajstić information content (AvgIpc) is 2.91. The second kappa shape index (κ2) is 5.47. The topological polar surface area (TPSA) is 94.9 Å². The standard InChI is InChI=1S/C9H10N4OS4/c1-15-8-12-6(10)4(17-8)3(14)5-7(11)13-9(16-2)18-5/h10-11H2,1-2H3. The third-order valence-corrected chi connectivity index (χ3v) is 6.14. The van der Waals surface area contributed by atoms with Crippen molar-refractivity contribution in [3.05, 3.63) is 9.75 Å². The Labute approximate surface area is 120 Å². The first-order chi connectivity index (χ1) is 8.56. The zero-order chi connectivity index (χ0) is 13.3. The lowest BCUT2D eigenvalue weighted by molar-refractivity contribution is 0.104. The Kier molecular flexibility index (Phi) is 4.15. The van der Waals surface area contributed by atoms with Crippen LogP contribution in [0.25, 0.3) is 0 Å². The van der Waals surface area contributed by atoms with Gasteiger partial charge in [-0.25, -0.2) is 9.97 Å². The molecule has 0 radical (unpaired) electrons. The first kappa shape index (κ1) is 13.7. The fourth-order valence-corrected chi connectivity index (χ4v) is 4.16. The number of hydrogen-bond donors (Lipinski definition) is 2. The van der Waals surface area contributed by atoms with Gasteiger partial charge in [0.15, 0.2) is 8.68 Å². The summed E-state index contributed by atoms with van der Waals surface area (Å²) in [6.45, 7) is 0. The lowest BCUT2D eigenvalue weighted by Crippen LogP contribution is -2.03. The van der Waals surface area contributed by atoms with Crippen LogP contribution in [-0.4, -0.2) is 28.3 Å². The minimum Gasteiger partial charge on any atom is -0.382 e. The van der Waals surface area contributed by atoms with Gasteiger partial charge in [-0.2, -0.15) is 0 Å². The Bertz CT molecular complexity index is 541. The molecule has 5 nitrogen and oxygen atoms in total. The van der Waals surface area contributed by atoms with Gasteiger partial charge < -0.3 is 11.5 Å². The summed E-state index contributed by atoms with van der Waals surface area (Å²) in [5.41, 5.74) is 11.5. The van der Waals surface area contributed by atoms with E-state index in [1.165, 1.54) is 46.2 Å². The van der Waals surface area contributed by atoms with Gasteiger partial charge in [0.05, 0.1) is 0 Å². The van der Waals surface area contributed by atoms with Crippen molar-refractivity contribution in [2.75, 3.05) is 24.0 Å². The van der Waals surface area contributed by atoms with Gasteiger partial charge in [-0.3, -0.25) is 4.79 Å². The molecular formula is C9H10N4OS4. The number of thioether (sulfide) groups is 2. The highest BCUT2D eigenvalue weighted by Gasteiger charge is 2.23. The molecule has 2 heterocycles. The fraction of sp³-hybridized carbons (Fsp3) is 0.222. The molecule has 0 aromatic carbocycles. The SMILES string of the molecule is CSc1nc(N)c(C(=O)c2sc(SC)nc2N)s1. The third-order valence-electron chi connectivity index (χ3n) is 2.03. The van der Waals surface area contributed by atoms with Crippen LogP contribution in [0.4, 0.5) is 11.6 Å². The Hall–Kier alpha value is -0.770. The molecule has 4 N–H and O–H groups in total. The van der Waals surface area contributed by atoms with Crippen LogP contribution in [0.5, 0.6) is 0 Å². The van der Waals surface area contributed by atoms with E-state index >= 15 is 0 Å². The molecule has 0 aliphatic heterocycles. The second-order valence-electron chi connectivity index (χ2n) is 3.13. The van der Waals surface area contributed by atoms with E-state index in [2.05, 4.69) is 9.97 Å². The molecule has 0 saturated heterocycles. The number of rotatable bonds is 4. The Morgan fingerprint density at radius 1 is 1.00 bits per heavy atom. The lowest BCUT2D eigenvalue weighted by atomic mass is 10.3. The second-order valence-corrected chi connectivity index (χ2v) is 7.23. The molecule has 0 aliphatic carbocycles. The summed E-state index contributed by atoms with van der Waals surface area (Å²) < 4.78 is 1.54. The smallest absolute Gasteiger partial charge is 0.220 e. The average molecular weight is 318 g/mol. The summed E-state index contributed by atoms with van der Waals surface area (Å²) in [6.07, 6.45) is 3.78. The number of anilines is 2. The molecular weight excluding hydrogens is 308 g/mol. The minimum absolute atomic E-state index is 0.194. The summed E-state index contributed by atoms with van der Waals surface area (Å²) >= 11 is 5.48. The van der Waals surface area contributed by atoms with Crippen molar-refractivity contribution in [3.63, 3.8) is 0 Å². The van der Waals surface area contributed by atoms with E-state index in [-0.39, 0.29) is 17.4 Å². The first-order valence-electron chi connectivity index (χ1n) is 4.72. The third kappa shape index (κ3) is 2.48. The van der Waals surface area contributed by atoms with E-state index in [0.717, 1.165) is 8.68 Å². The van der Waals surface area contributed by atoms with E-state index in [4.69, 9.17) is 11.5 Å². The van der Waals surface area contributed by atoms with E-state index in [1.54, 1.807) is 0 Å². The molecule has 0 atom stereocenters. The number of nitrogens with two attached hydrogens (primary N) is 2. The number of thiazole rings is 2. The summed E-state index contributed by atoms with van der Waals surface area (Å²) in [5.74, 6) is 0.321. The van der Waals surface area contributed by atoms with Crippen molar-refractivity contribution in [3.8, 4) is 0 Å². The van der Waals surface area contributed by atoms with Gasteiger partial charge in [-0.1, -0.05) is 23.5 Å². The molecule has 18 heavy (non-hydrogen) atoms. The maximum absolute atomic E-state index is 12.3. The fourth-order valence-electron chi connectivity index (χ4n) is 1.23. The molecule has 2 aromatic rings. The number of ketones is 1. The van der Waals surface area contributed by atoms with Crippen LogP contribution in [0.2, 0.25) is 0 Å². The summed E-state index contributed by atoms with van der Waals surface area (Å²) in [7, 11) is 0. The zero-order valence-electron chi connectivity index (χ0n) is 9.59. The van der Waals surface area contributed by atoms with Gasteiger partial charge in [-0.05, 0) is 12.5 Å². The summed E-state index contributed by atoms with van der Waals surface area (Å²) in [6, 6.07) is 0. The number of hydrogen-bond acceptors (Lipinski definition) is 9. The molecule has 0 saturated carbocycles. The van der Waals surface area contributed by atoms with Crippen LogP contribution in [0.1, 0.15) is 14.5 Å². The summed E-state index contributed by atoms with van der Waals surface area (Å²) in [4.78, 5) is 21.4. The highest BCUT2D eigenvalue weighted by Crippen LogP contribution is 2.34. The van der Waals surface area contributed by atoms with Crippen molar-refractivity contribution in [2.45, 2.75) is 8.68 Å². The molecule has 0 fully saturated rings. The van der Waals surface area contributed by atoms with Gasteiger partial charge in [-0.15, -0.1) is 22.7 Å². The number of carbonyl (C=O) groups is 1. The molecule has 0 amide bonds. The largest absolute Gasteiger partial charge is 0.382 e. The Morgan fingerprint density at radius 3 is 1.67 bits per heavy atom. The van der Waals surface area contributed by atoms with Gasteiger partial charge in [0.25, 0.3) is 0 Å². The minimum atomic E-state index is -0.194. The van der Waals surface area contributed by atoms with Crippen molar-refractivity contribution in [1.29, 1.82) is 0 Å². The monoisotopic (exact) mass is 318 g/mol. The maximum atomic E-state index is 12.3. The van der Waals surface area contributed by atoms with Crippen molar-refractivity contribution >= 4 is 63.6 Å². The van der Waals surface area contributed by atoms with Crippen LogP contribution in [-0.2, 0) is 0 Å². The van der Waals surface area contributed by atoms with Gasteiger partial charge in [0.1, 0.15) is 21.4 Å². The van der Waals surface area contributed by atoms with Gasteiger partial charge >= 0.3 is 0 Å². The molecule has 2 rings (SSSR count). The lowest BCUT2D eigenvalue weighted by Gasteiger charge is -1.95. The molecule has 0 unspecified atom stereocenters. The summed E-state index contributed by atoms with van der Waals surface area (Å²) in [5, 5.41) is 0. The van der Waals surface area contributed by atoms with Crippen LogP contribution in [0, 0.1) is 0 Å². The predicted molar refractivity (Wildman–Crippen MR) is 80.0 cm³/mol. The van der Waals surface area contributed by atoms with Gasteiger partial charge in [0, 0.05) is 0 Å². The molecule has 0 spiro atoms. The van der Waals surface area contributed by atoms with Crippen molar-refractivity contribution in [2.24, 2.45) is 0 Å². The zero-order valence-corrected chi connectivity index (χ0v) is 12.9. The van der Waals surface area contributed by atoms with E-state index in [0.29, 0.717) is 9.75 Å². The van der Waals surface area contributed by atoms with Crippen LogP contribution < -0.4 is 11.5 Å². The Morgan fingerprint density at radius 2 is 1.39 bits per heavy atom. The molecule has 9 heteroatoms. The maximum Gasteiger partial charge on any atom is 0.220 e. The van der Waals surface area contributed by atoms with Crippen LogP contribution in [0.3, 0.4) is 0 Å². The van der Waals surface area contributed by atoms with E-state index < -0.39 is 0 Å². The van der Waals surface area contributed by atoms with Crippen molar-refractivity contribution in [1.82, 2.24) is 9.97 Å². The van der Waals surface area contributed by atoms with Crippen LogP contribution in [0.15, 0.2) is 8.68 Å². The number of carbonyl (C=O) groups excluding carboxylic acids is 1. The highest BCUT2D eigenvalue weighted by molar-refractivity contribution is 8.00. The van der Waals surface area contributed by atoms with E-state index in [1.807, 2.05) is 12.5 Å². The normalized spacial score (nSPS) is 10.8. The molecule has 0 aliphatic rings. The quantitative estimate of drug-likeness (QED) is 0.660. The van der Waals surface area contributed by atoms with Crippen LogP contribution >= 0.6 is 46.2 Å². The number of nitrogen functional groups attached to an aromatic ring is 2. The first-order valence-corrected chi connectivity index (χ1v) is 8.80. The molecule has 2 aromatic heterocycles. The van der Waals surface area contributed by atoms with Crippen molar-refractivity contribution < 1.29 is 4.79 Å². The predicted octanol–water partition coefficient (Wildman–Crippen LogP) is 2.44. The number of aromatic nitrogens is 2. The molecule has 96 valence electrons. The highest BCUT2D eigenvalue weighted by atomic mass is 32.2. The number of nitrogens with zero attached hydrogens (tertiary/aromatic N) is 2.